The van der Waals surface area contributed by atoms with Crippen molar-refractivity contribution in [1.29, 1.82) is 0 Å². The van der Waals surface area contributed by atoms with Crippen molar-refractivity contribution in [3.8, 4) is 11.1 Å². The maximum Gasteiger partial charge on any atom is 0.407 e. The Kier molecular flexibility index (Phi) is 3.98. The van der Waals surface area contributed by atoms with E-state index < -0.39 is 6.09 Å². The van der Waals surface area contributed by atoms with Crippen LogP contribution in [0.5, 0.6) is 0 Å². The van der Waals surface area contributed by atoms with Crippen LogP contribution in [0.1, 0.15) is 35.6 Å². The number of benzene rings is 2. The lowest BCUT2D eigenvalue weighted by Gasteiger charge is -2.16. The van der Waals surface area contributed by atoms with E-state index >= 15 is 0 Å². The molecule has 0 saturated heterocycles. The van der Waals surface area contributed by atoms with Crippen LogP contribution in [-0.2, 0) is 4.74 Å². The number of hydrogen-bond donors (Lipinski definition) is 2. The van der Waals surface area contributed by atoms with Crippen molar-refractivity contribution in [2.24, 2.45) is 0 Å². The lowest BCUT2D eigenvalue weighted by atomic mass is 9.98. The summed E-state index contributed by atoms with van der Waals surface area (Å²) in [5.74, 6) is 0.0716. The van der Waals surface area contributed by atoms with Gasteiger partial charge < -0.3 is 10.1 Å². The normalized spacial score (nSPS) is 13.8. The number of nitrogens with zero attached hydrogens (tertiary/aromatic N) is 1. The zero-order chi connectivity index (χ0) is 17.2. The van der Waals surface area contributed by atoms with E-state index in [1.165, 1.54) is 22.3 Å². The molecule has 0 fully saturated rings. The number of nitrogens with one attached hydrogen (secondary N) is 2. The van der Waals surface area contributed by atoms with E-state index in [9.17, 15) is 4.79 Å². The summed E-state index contributed by atoms with van der Waals surface area (Å²) in [6.45, 7) is 2.21. The van der Waals surface area contributed by atoms with Gasteiger partial charge in [-0.05, 0) is 29.2 Å². The molecular weight excluding hydrogens is 314 g/mol. The van der Waals surface area contributed by atoms with Crippen LogP contribution < -0.4 is 5.32 Å². The summed E-state index contributed by atoms with van der Waals surface area (Å²) in [4.78, 5) is 12.2. The highest BCUT2D eigenvalue weighted by Crippen LogP contribution is 2.44. The minimum absolute atomic E-state index is 0.0716. The molecule has 1 heterocycles. The number of fused-ring (bicyclic) bond motifs is 3. The SMILES string of the molecule is CC(NC(=O)OCC1c2ccccc2-c2ccccc21)c1cn[nH]c1. The van der Waals surface area contributed by atoms with E-state index in [1.54, 1.807) is 12.4 Å². The molecule has 0 saturated carbocycles. The van der Waals surface area contributed by atoms with Gasteiger partial charge >= 0.3 is 6.09 Å². The molecule has 4 rings (SSSR count). The molecule has 2 aromatic carbocycles. The first-order valence-electron chi connectivity index (χ1n) is 8.34. The predicted octanol–water partition coefficient (Wildman–Crippen LogP) is 4.01. The Balaban J connectivity index is 1.47. The van der Waals surface area contributed by atoms with Gasteiger partial charge in [0.25, 0.3) is 0 Å². The number of ether oxygens (including phenoxy) is 1. The van der Waals surface area contributed by atoms with Crippen LogP contribution in [0.2, 0.25) is 0 Å². The van der Waals surface area contributed by atoms with Gasteiger partial charge in [0.15, 0.2) is 0 Å². The smallest absolute Gasteiger partial charge is 0.407 e. The monoisotopic (exact) mass is 333 g/mol. The highest BCUT2D eigenvalue weighted by molar-refractivity contribution is 5.79. The fourth-order valence-corrected chi connectivity index (χ4v) is 3.40. The first-order chi connectivity index (χ1) is 12.2. The lowest BCUT2D eigenvalue weighted by Crippen LogP contribution is -2.28. The molecule has 0 bridgehead atoms. The first kappa shape index (κ1) is 15.4. The van der Waals surface area contributed by atoms with E-state index in [0.717, 1.165) is 5.56 Å². The zero-order valence-corrected chi connectivity index (χ0v) is 13.9. The van der Waals surface area contributed by atoms with Crippen LogP contribution in [-0.4, -0.2) is 22.9 Å². The Morgan fingerprint density at radius 2 is 1.80 bits per heavy atom. The fourth-order valence-electron chi connectivity index (χ4n) is 3.40. The quantitative estimate of drug-likeness (QED) is 0.758. The van der Waals surface area contributed by atoms with E-state index in [0.29, 0.717) is 6.61 Å². The van der Waals surface area contributed by atoms with Gasteiger partial charge in [0.2, 0.25) is 0 Å². The molecule has 1 aliphatic carbocycles. The maximum atomic E-state index is 12.2. The van der Waals surface area contributed by atoms with Gasteiger partial charge in [-0.15, -0.1) is 0 Å². The molecule has 1 aliphatic rings. The standard InChI is InChI=1S/C20H19N3O2/c1-13(14-10-21-22-11-14)23-20(24)25-12-19-17-8-4-2-6-15(17)16-7-3-5-9-18(16)19/h2-11,13,19H,12H2,1H3,(H,21,22)(H,23,24). The summed E-state index contributed by atoms with van der Waals surface area (Å²) in [6, 6.07) is 16.4. The summed E-state index contributed by atoms with van der Waals surface area (Å²) in [5.41, 5.74) is 5.77. The Bertz CT molecular complexity index is 844. The van der Waals surface area contributed by atoms with Crippen LogP contribution >= 0.6 is 0 Å². The zero-order valence-electron chi connectivity index (χ0n) is 13.9. The second-order valence-corrected chi connectivity index (χ2v) is 6.22. The Hall–Kier alpha value is -3.08. The number of amides is 1. The van der Waals surface area contributed by atoms with Crippen molar-refractivity contribution in [2.45, 2.75) is 18.9 Å². The molecule has 126 valence electrons. The molecule has 0 spiro atoms. The van der Waals surface area contributed by atoms with Crippen molar-refractivity contribution in [3.63, 3.8) is 0 Å². The molecular formula is C20H19N3O2. The summed E-state index contributed by atoms with van der Waals surface area (Å²) in [7, 11) is 0. The van der Waals surface area contributed by atoms with Crippen LogP contribution in [0.25, 0.3) is 11.1 Å². The molecule has 1 unspecified atom stereocenters. The fraction of sp³-hybridized carbons (Fsp3) is 0.200. The van der Waals surface area contributed by atoms with Crippen LogP contribution in [0.4, 0.5) is 4.79 Å². The second-order valence-electron chi connectivity index (χ2n) is 6.22. The second kappa shape index (κ2) is 6.43. The average Bonchev–Trinajstić information content (AvgIpc) is 3.27. The topological polar surface area (TPSA) is 67.0 Å². The number of hydrogen-bond acceptors (Lipinski definition) is 3. The number of aromatic nitrogens is 2. The van der Waals surface area contributed by atoms with Gasteiger partial charge in [-0.3, -0.25) is 5.10 Å². The van der Waals surface area contributed by atoms with E-state index in [-0.39, 0.29) is 12.0 Å². The van der Waals surface area contributed by atoms with Crippen molar-refractivity contribution < 1.29 is 9.53 Å². The summed E-state index contributed by atoms with van der Waals surface area (Å²) in [5, 5.41) is 9.47. The van der Waals surface area contributed by atoms with Crippen LogP contribution in [0, 0.1) is 0 Å². The third-order valence-electron chi connectivity index (χ3n) is 4.70. The molecule has 5 nitrogen and oxygen atoms in total. The third kappa shape index (κ3) is 2.89. The van der Waals surface area contributed by atoms with Crippen molar-refractivity contribution in [1.82, 2.24) is 15.5 Å². The highest BCUT2D eigenvalue weighted by Gasteiger charge is 2.29. The van der Waals surface area contributed by atoms with Gasteiger partial charge in [0.05, 0.1) is 12.2 Å². The lowest BCUT2D eigenvalue weighted by molar-refractivity contribution is 0.140. The Morgan fingerprint density at radius 3 is 2.40 bits per heavy atom. The van der Waals surface area contributed by atoms with Crippen molar-refractivity contribution in [2.75, 3.05) is 6.61 Å². The maximum absolute atomic E-state index is 12.2. The van der Waals surface area contributed by atoms with Gasteiger partial charge in [-0.1, -0.05) is 48.5 Å². The van der Waals surface area contributed by atoms with Crippen molar-refractivity contribution in [3.05, 3.63) is 77.6 Å². The molecule has 1 atom stereocenters. The minimum atomic E-state index is -0.421. The molecule has 1 amide bonds. The highest BCUT2D eigenvalue weighted by atomic mass is 16.5. The molecule has 2 N–H and O–H groups in total. The molecule has 25 heavy (non-hydrogen) atoms. The molecule has 0 radical (unpaired) electrons. The first-order valence-corrected chi connectivity index (χ1v) is 8.34. The van der Waals surface area contributed by atoms with Gasteiger partial charge in [-0.2, -0.15) is 5.10 Å². The van der Waals surface area contributed by atoms with E-state index in [1.807, 2.05) is 31.2 Å². The number of aromatic amines is 1. The molecule has 3 aromatic rings. The number of carbonyl (C=O) groups is 1. The van der Waals surface area contributed by atoms with Crippen molar-refractivity contribution >= 4 is 6.09 Å². The predicted molar refractivity (Wildman–Crippen MR) is 95.2 cm³/mol. The number of alkyl carbamates (subject to hydrolysis) is 1. The Labute approximate surface area is 146 Å². The van der Waals surface area contributed by atoms with E-state index in [2.05, 4.69) is 39.8 Å². The average molecular weight is 333 g/mol. The summed E-state index contributed by atoms with van der Waals surface area (Å²) in [6.07, 6.45) is 3.03. The number of rotatable bonds is 4. The number of H-pyrrole nitrogens is 1. The third-order valence-corrected chi connectivity index (χ3v) is 4.70. The molecule has 0 aliphatic heterocycles. The Morgan fingerprint density at radius 1 is 1.16 bits per heavy atom. The van der Waals surface area contributed by atoms with Crippen LogP contribution in [0.15, 0.2) is 60.9 Å². The largest absolute Gasteiger partial charge is 0.449 e. The molecule has 5 heteroatoms. The molecule has 1 aromatic heterocycles. The minimum Gasteiger partial charge on any atom is -0.449 e. The van der Waals surface area contributed by atoms with E-state index in [4.69, 9.17) is 4.74 Å². The van der Waals surface area contributed by atoms with Gasteiger partial charge in [-0.25, -0.2) is 4.79 Å². The van der Waals surface area contributed by atoms with Crippen LogP contribution in [0.3, 0.4) is 0 Å². The summed E-state index contributed by atoms with van der Waals surface area (Å²) < 4.78 is 5.53. The van der Waals surface area contributed by atoms with Gasteiger partial charge in [0.1, 0.15) is 6.61 Å². The number of carbonyl (C=O) groups excluding carboxylic acids is 1. The summed E-state index contributed by atoms with van der Waals surface area (Å²) >= 11 is 0. The van der Waals surface area contributed by atoms with Gasteiger partial charge in [0, 0.05) is 17.7 Å².